The molecular formula is C53H58N6O10. The number of morpholine rings is 1. The predicted octanol–water partition coefficient (Wildman–Crippen LogP) is 5.44. The molecule has 7 atom stereocenters. The summed E-state index contributed by atoms with van der Waals surface area (Å²) in [5, 5.41) is 14.8. The van der Waals surface area contributed by atoms with Crippen LogP contribution < -0.4 is 26.0 Å². The van der Waals surface area contributed by atoms with Crippen LogP contribution in [0, 0.1) is 23.7 Å². The predicted molar refractivity (Wildman–Crippen MR) is 254 cm³/mol. The van der Waals surface area contributed by atoms with Gasteiger partial charge in [-0.05, 0) is 71.3 Å². The minimum atomic E-state index is -2.07. The minimum absolute atomic E-state index is 0.0195. The highest BCUT2D eigenvalue weighted by Gasteiger charge is 2.76. The molecule has 16 heteroatoms. The maximum Gasteiger partial charge on any atom is 0.329 e. The number of primary amides is 1. The molecule has 16 nitrogen and oxygen atoms in total. The number of likely N-dealkylation sites (tertiary alicyclic amines) is 1. The third kappa shape index (κ3) is 9.24. The van der Waals surface area contributed by atoms with Crippen molar-refractivity contribution in [3.8, 4) is 17.6 Å². The first-order chi connectivity index (χ1) is 33.4. The number of anilines is 1. The number of methoxy groups -OCH3 is 1. The fourth-order valence-corrected chi connectivity index (χ4v) is 10.6. The number of cyclic esters (lactones) is 1. The fraction of sp³-hybridized carbons (Fsp3) is 0.396. The summed E-state index contributed by atoms with van der Waals surface area (Å²) in [7, 11) is 1.21. The van der Waals surface area contributed by atoms with Gasteiger partial charge in [0.05, 0.1) is 44.0 Å². The highest BCUT2D eigenvalue weighted by atomic mass is 16.6. The Labute approximate surface area is 401 Å². The number of aliphatic hydroxyl groups excluding tert-OH is 1. The molecule has 4 aliphatic rings. The summed E-state index contributed by atoms with van der Waals surface area (Å²) in [6.45, 7) is 3.91. The third-order valence-electron chi connectivity index (χ3n) is 13.6. The van der Waals surface area contributed by atoms with E-state index in [-0.39, 0.29) is 31.0 Å². The van der Waals surface area contributed by atoms with Gasteiger partial charge in [-0.15, -0.1) is 0 Å². The minimum Gasteiger partial charge on any atom is -0.491 e. The lowest BCUT2D eigenvalue weighted by Crippen LogP contribution is -2.58. The van der Waals surface area contributed by atoms with Crippen LogP contribution in [0.5, 0.6) is 5.75 Å². The number of fused-ring (bicyclic) bond motifs is 3. The molecular weight excluding hydrogens is 881 g/mol. The van der Waals surface area contributed by atoms with Crippen molar-refractivity contribution in [3.63, 3.8) is 0 Å². The number of carbonyl (C=O) groups excluding carboxylic acids is 6. The van der Waals surface area contributed by atoms with E-state index in [1.54, 1.807) is 61.2 Å². The zero-order valence-electron chi connectivity index (χ0n) is 39.0. The van der Waals surface area contributed by atoms with Crippen molar-refractivity contribution in [2.75, 3.05) is 44.9 Å². The SMILES string of the molecule is COC(=O)C(NC(=O)N1C(=O)C2(c3cc(C#CCNC(N)=O)ccc31)C(C(=O)N1CCCCCCC1)C1C(=O)OC(c3ccccc3)C(c3ccccc3)N1C2c1ccc(OCCO)cc1)C(C)C. The summed E-state index contributed by atoms with van der Waals surface area (Å²) in [6.07, 6.45) is 3.26. The van der Waals surface area contributed by atoms with E-state index in [4.69, 9.17) is 19.9 Å². The highest BCUT2D eigenvalue weighted by molar-refractivity contribution is 6.25. The van der Waals surface area contributed by atoms with Crippen LogP contribution in [0.3, 0.4) is 0 Å². The van der Waals surface area contributed by atoms with E-state index in [1.807, 2.05) is 65.6 Å². The monoisotopic (exact) mass is 938 g/mol. The van der Waals surface area contributed by atoms with Gasteiger partial charge in [0.25, 0.3) is 0 Å². The molecule has 360 valence electrons. The largest absolute Gasteiger partial charge is 0.491 e. The number of nitrogens with zero attached hydrogens (tertiary/aromatic N) is 3. The Morgan fingerprint density at radius 1 is 0.855 bits per heavy atom. The number of carbonyl (C=O) groups is 6. The zero-order chi connectivity index (χ0) is 48.8. The van der Waals surface area contributed by atoms with Gasteiger partial charge < -0.3 is 40.6 Å². The summed E-state index contributed by atoms with van der Waals surface area (Å²) in [5.74, 6) is 1.73. The number of hydrogen-bond donors (Lipinski definition) is 4. The molecule has 5 N–H and O–H groups in total. The Balaban J connectivity index is 1.46. The summed E-state index contributed by atoms with van der Waals surface area (Å²) < 4.78 is 17.5. The van der Waals surface area contributed by atoms with Gasteiger partial charge in [0.15, 0.2) is 0 Å². The van der Waals surface area contributed by atoms with E-state index in [0.717, 1.165) is 29.7 Å². The Morgan fingerprint density at radius 3 is 2.13 bits per heavy atom. The van der Waals surface area contributed by atoms with Crippen LogP contribution in [0.25, 0.3) is 0 Å². The molecule has 0 bridgehead atoms. The average Bonchev–Trinajstić information content (AvgIpc) is 3.80. The summed E-state index contributed by atoms with van der Waals surface area (Å²) >= 11 is 0. The van der Waals surface area contributed by atoms with E-state index >= 15 is 19.2 Å². The number of amides is 6. The van der Waals surface area contributed by atoms with E-state index in [0.29, 0.717) is 48.4 Å². The van der Waals surface area contributed by atoms with Crippen molar-refractivity contribution in [2.45, 2.75) is 81.6 Å². The number of urea groups is 2. The molecule has 0 aromatic heterocycles. The van der Waals surface area contributed by atoms with Crippen LogP contribution in [0.4, 0.5) is 15.3 Å². The smallest absolute Gasteiger partial charge is 0.329 e. The first kappa shape index (κ1) is 48.2. The molecule has 0 saturated carbocycles. The lowest BCUT2D eigenvalue weighted by atomic mass is 9.64. The number of imide groups is 1. The molecule has 0 aliphatic carbocycles. The standard InChI is InChI=1S/C53H58N6O10/c1-33(2)42(48(62)67-3)56-52(66)58-40-26-21-34(16-15-27-55-51(54)65)32-39(40)53(50(58)64)41(47(61)57-28-13-5-4-6-14-29-57)44-49(63)69-45(36-19-11-8-12-20-36)43(35-17-9-7-10-18-35)59(44)46(53)37-22-24-38(25-23-37)68-31-30-60/h7-12,17-26,32-33,41-46,60H,4-6,13-14,27-31H2,1-3H3,(H,56,66)(H3,54,55,65). The van der Waals surface area contributed by atoms with Gasteiger partial charge >= 0.3 is 24.0 Å². The quantitative estimate of drug-likeness (QED) is 0.110. The van der Waals surface area contributed by atoms with Gasteiger partial charge in [0.1, 0.15) is 36.0 Å². The van der Waals surface area contributed by atoms with Crippen molar-refractivity contribution >= 4 is 41.5 Å². The number of esters is 2. The molecule has 3 saturated heterocycles. The molecule has 4 heterocycles. The number of nitrogens with one attached hydrogen (secondary N) is 2. The van der Waals surface area contributed by atoms with E-state index in [1.165, 1.54) is 7.11 Å². The van der Waals surface area contributed by atoms with Crippen LogP contribution in [-0.2, 0) is 34.1 Å². The van der Waals surface area contributed by atoms with Crippen molar-refractivity contribution < 1.29 is 48.1 Å². The summed E-state index contributed by atoms with van der Waals surface area (Å²) in [6, 6.07) is 24.4. The maximum absolute atomic E-state index is 16.7. The molecule has 7 unspecified atom stereocenters. The molecule has 4 aromatic rings. The lowest BCUT2D eigenvalue weighted by molar-refractivity contribution is -0.179. The number of aliphatic hydroxyl groups is 1. The first-order valence-electron chi connectivity index (χ1n) is 23.5. The fourth-order valence-electron chi connectivity index (χ4n) is 10.6. The molecule has 3 fully saturated rings. The summed E-state index contributed by atoms with van der Waals surface area (Å²) in [4.78, 5) is 92.9. The van der Waals surface area contributed by atoms with E-state index in [2.05, 4.69) is 22.5 Å². The van der Waals surface area contributed by atoms with E-state index < -0.39 is 83.3 Å². The van der Waals surface area contributed by atoms with Crippen LogP contribution in [0.1, 0.15) is 92.0 Å². The molecule has 0 radical (unpaired) electrons. The molecule has 69 heavy (non-hydrogen) atoms. The first-order valence-corrected chi connectivity index (χ1v) is 23.5. The van der Waals surface area contributed by atoms with Crippen LogP contribution in [0.15, 0.2) is 103 Å². The number of nitrogens with two attached hydrogens (primary N) is 1. The summed E-state index contributed by atoms with van der Waals surface area (Å²) in [5.41, 5.74) is 5.95. The van der Waals surface area contributed by atoms with Crippen molar-refractivity contribution in [2.24, 2.45) is 17.6 Å². The second-order valence-electron chi connectivity index (χ2n) is 18.1. The van der Waals surface area contributed by atoms with Gasteiger partial charge in [0.2, 0.25) is 11.8 Å². The lowest BCUT2D eigenvalue weighted by Gasteiger charge is -2.46. The average molecular weight is 939 g/mol. The maximum atomic E-state index is 16.7. The Kier molecular flexibility index (Phi) is 14.7. The van der Waals surface area contributed by atoms with Crippen molar-refractivity contribution in [3.05, 3.63) is 131 Å². The highest BCUT2D eigenvalue weighted by Crippen LogP contribution is 2.66. The van der Waals surface area contributed by atoms with Crippen molar-refractivity contribution in [1.82, 2.24) is 20.4 Å². The molecule has 4 aromatic carbocycles. The van der Waals surface area contributed by atoms with E-state index in [9.17, 15) is 14.7 Å². The number of rotatable bonds is 11. The molecule has 8 rings (SSSR count). The van der Waals surface area contributed by atoms with Crippen LogP contribution in [0.2, 0.25) is 0 Å². The van der Waals surface area contributed by atoms with Gasteiger partial charge in [-0.3, -0.25) is 19.3 Å². The molecule has 6 amide bonds. The Bertz CT molecular complexity index is 2610. The second kappa shape index (κ2) is 21.0. The molecule has 1 spiro atoms. The van der Waals surface area contributed by atoms with Gasteiger partial charge in [-0.1, -0.05) is 118 Å². The molecule has 4 aliphatic heterocycles. The van der Waals surface area contributed by atoms with Crippen LogP contribution >= 0.6 is 0 Å². The zero-order valence-corrected chi connectivity index (χ0v) is 39.0. The van der Waals surface area contributed by atoms with Gasteiger partial charge in [0, 0.05) is 18.7 Å². The van der Waals surface area contributed by atoms with Gasteiger partial charge in [-0.25, -0.2) is 19.3 Å². The normalized spacial score (nSPS) is 23.6. The van der Waals surface area contributed by atoms with Gasteiger partial charge in [-0.2, -0.15) is 0 Å². The number of benzene rings is 4. The third-order valence-corrected chi connectivity index (χ3v) is 13.6. The second-order valence-corrected chi connectivity index (χ2v) is 18.1. The van der Waals surface area contributed by atoms with Crippen LogP contribution in [-0.4, -0.2) is 103 Å². The Hall–Kier alpha value is -7.22. The van der Waals surface area contributed by atoms with Crippen molar-refractivity contribution in [1.29, 1.82) is 0 Å². The number of ether oxygens (including phenoxy) is 3. The Morgan fingerprint density at radius 2 is 1.51 bits per heavy atom. The topological polar surface area (TPSA) is 210 Å². The number of hydrogen-bond acceptors (Lipinski definition) is 11.